The summed E-state index contributed by atoms with van der Waals surface area (Å²) in [6.07, 6.45) is -0.0739. The molecule has 3 unspecified atom stereocenters. The second-order valence-corrected chi connectivity index (χ2v) is 6.94. The number of rotatable bonds is 5. The van der Waals surface area contributed by atoms with Gasteiger partial charge in [0, 0.05) is 30.6 Å². The van der Waals surface area contributed by atoms with Crippen LogP contribution in [0, 0.1) is 5.92 Å². The Kier molecular flexibility index (Phi) is 6.01. The van der Waals surface area contributed by atoms with E-state index in [1.807, 2.05) is 0 Å². The Labute approximate surface area is 155 Å². The molecule has 1 aliphatic heterocycles. The lowest BCUT2D eigenvalue weighted by Crippen LogP contribution is -2.47. The minimum absolute atomic E-state index is 0.110. The van der Waals surface area contributed by atoms with Crippen LogP contribution in [0.1, 0.15) is 41.6 Å². The van der Waals surface area contributed by atoms with Crippen molar-refractivity contribution in [2.24, 2.45) is 5.92 Å². The lowest BCUT2D eigenvalue weighted by molar-refractivity contribution is -0.137. The average molecular weight is 384 g/mol. The zero-order valence-electron chi connectivity index (χ0n) is 14.7. The molecule has 3 rings (SSSR count). The minimum atomic E-state index is -4.43. The number of amides is 2. The van der Waals surface area contributed by atoms with Gasteiger partial charge in [-0.25, -0.2) is 5.43 Å². The largest absolute Gasteiger partial charge is 0.416 e. The normalized spacial score (nSPS) is 24.9. The van der Waals surface area contributed by atoms with Crippen molar-refractivity contribution in [2.45, 2.75) is 43.9 Å². The van der Waals surface area contributed by atoms with Gasteiger partial charge in [0.25, 0.3) is 5.91 Å². The molecular weight excluding hydrogens is 361 g/mol. The fourth-order valence-corrected chi connectivity index (χ4v) is 3.69. The number of nitrogens with one attached hydrogen (secondary N) is 4. The molecule has 9 heteroatoms. The molecule has 0 bridgehead atoms. The van der Waals surface area contributed by atoms with E-state index in [1.54, 1.807) is 0 Å². The lowest BCUT2D eigenvalue weighted by atomic mass is 9.81. The van der Waals surface area contributed by atoms with E-state index < -0.39 is 17.6 Å². The highest BCUT2D eigenvalue weighted by molar-refractivity contribution is 5.94. The summed E-state index contributed by atoms with van der Waals surface area (Å²) in [5.74, 6) is -0.313. The third kappa shape index (κ3) is 4.78. The minimum Gasteiger partial charge on any atom is -0.353 e. The summed E-state index contributed by atoms with van der Waals surface area (Å²) in [6, 6.07) is 4.06. The van der Waals surface area contributed by atoms with E-state index in [-0.39, 0.29) is 36.5 Å². The second kappa shape index (κ2) is 8.26. The van der Waals surface area contributed by atoms with Crippen molar-refractivity contribution in [1.29, 1.82) is 0 Å². The van der Waals surface area contributed by atoms with Gasteiger partial charge in [-0.15, -0.1) is 0 Å². The van der Waals surface area contributed by atoms with Crippen molar-refractivity contribution in [1.82, 2.24) is 21.5 Å². The van der Waals surface area contributed by atoms with E-state index in [9.17, 15) is 22.8 Å². The molecular formula is C18H23F3N4O2. The van der Waals surface area contributed by atoms with Crippen molar-refractivity contribution >= 4 is 11.8 Å². The van der Waals surface area contributed by atoms with Gasteiger partial charge in [-0.3, -0.25) is 15.0 Å². The number of hydrazine groups is 1. The molecule has 1 heterocycles. The van der Waals surface area contributed by atoms with E-state index in [2.05, 4.69) is 21.5 Å². The molecule has 4 N–H and O–H groups in total. The summed E-state index contributed by atoms with van der Waals surface area (Å²) in [5.41, 5.74) is 5.56. The van der Waals surface area contributed by atoms with Crippen molar-refractivity contribution in [3.8, 4) is 0 Å². The van der Waals surface area contributed by atoms with E-state index >= 15 is 0 Å². The van der Waals surface area contributed by atoms with Crippen LogP contribution in [0.15, 0.2) is 24.3 Å². The van der Waals surface area contributed by atoms with E-state index in [0.29, 0.717) is 6.04 Å². The predicted octanol–water partition coefficient (Wildman–Crippen LogP) is 1.59. The number of hydrogen-bond donors (Lipinski definition) is 4. The van der Waals surface area contributed by atoms with Gasteiger partial charge in [0.05, 0.1) is 5.56 Å². The smallest absolute Gasteiger partial charge is 0.353 e. The molecule has 2 aliphatic rings. The fourth-order valence-electron chi connectivity index (χ4n) is 3.69. The maximum Gasteiger partial charge on any atom is 0.416 e. The highest BCUT2D eigenvalue weighted by Gasteiger charge is 2.40. The quantitative estimate of drug-likeness (QED) is 0.581. The maximum atomic E-state index is 12.5. The highest BCUT2D eigenvalue weighted by Crippen LogP contribution is 2.30. The number of carbonyl (C=O) groups is 2. The SMILES string of the molecule is O=C(NCCNC(=O)C1NNC2CCCCC21)c1ccc(C(F)(F)F)cc1. The monoisotopic (exact) mass is 384 g/mol. The van der Waals surface area contributed by atoms with Crippen LogP contribution in [0.3, 0.4) is 0 Å². The van der Waals surface area contributed by atoms with E-state index in [4.69, 9.17) is 0 Å². The second-order valence-electron chi connectivity index (χ2n) is 6.94. The molecule has 1 aromatic carbocycles. The average Bonchev–Trinajstić information content (AvgIpc) is 3.08. The number of fused-ring (bicyclic) bond motifs is 1. The Morgan fingerprint density at radius 1 is 1.00 bits per heavy atom. The van der Waals surface area contributed by atoms with Crippen LogP contribution < -0.4 is 21.5 Å². The van der Waals surface area contributed by atoms with Crippen molar-refractivity contribution in [3.05, 3.63) is 35.4 Å². The van der Waals surface area contributed by atoms with Gasteiger partial charge in [-0.1, -0.05) is 12.8 Å². The van der Waals surface area contributed by atoms with Gasteiger partial charge in [0.2, 0.25) is 5.91 Å². The third-order valence-corrected chi connectivity index (χ3v) is 5.14. The fraction of sp³-hybridized carbons (Fsp3) is 0.556. The Bertz CT molecular complexity index is 678. The van der Waals surface area contributed by atoms with Gasteiger partial charge in [-0.05, 0) is 37.1 Å². The molecule has 1 aromatic rings. The summed E-state index contributed by atoms with van der Waals surface area (Å²) in [6.45, 7) is 0.445. The number of halogens is 3. The van der Waals surface area contributed by atoms with Crippen LogP contribution in [0.4, 0.5) is 13.2 Å². The zero-order chi connectivity index (χ0) is 19.4. The van der Waals surface area contributed by atoms with Crippen LogP contribution in [-0.2, 0) is 11.0 Å². The highest BCUT2D eigenvalue weighted by atomic mass is 19.4. The Morgan fingerprint density at radius 3 is 2.37 bits per heavy atom. The van der Waals surface area contributed by atoms with Crippen molar-refractivity contribution < 1.29 is 22.8 Å². The molecule has 1 aliphatic carbocycles. The first-order chi connectivity index (χ1) is 12.9. The number of carbonyl (C=O) groups excluding carboxylic acids is 2. The Hall–Kier alpha value is -2.13. The first-order valence-corrected chi connectivity index (χ1v) is 9.10. The zero-order valence-corrected chi connectivity index (χ0v) is 14.7. The Morgan fingerprint density at radius 2 is 1.67 bits per heavy atom. The first kappa shape index (κ1) is 19.6. The molecule has 27 heavy (non-hydrogen) atoms. The van der Waals surface area contributed by atoms with Gasteiger partial charge >= 0.3 is 6.18 Å². The van der Waals surface area contributed by atoms with Crippen LogP contribution in [0.5, 0.6) is 0 Å². The summed E-state index contributed by atoms with van der Waals surface area (Å²) < 4.78 is 37.6. The maximum absolute atomic E-state index is 12.5. The van der Waals surface area contributed by atoms with Crippen LogP contribution >= 0.6 is 0 Å². The molecule has 148 valence electrons. The molecule has 3 atom stereocenters. The molecule has 6 nitrogen and oxygen atoms in total. The van der Waals surface area contributed by atoms with Crippen LogP contribution in [0.2, 0.25) is 0 Å². The molecule has 0 spiro atoms. The van der Waals surface area contributed by atoms with Crippen molar-refractivity contribution in [3.63, 3.8) is 0 Å². The van der Waals surface area contributed by atoms with Gasteiger partial charge < -0.3 is 10.6 Å². The number of benzene rings is 1. The van der Waals surface area contributed by atoms with Crippen LogP contribution in [0.25, 0.3) is 0 Å². The summed E-state index contributed by atoms with van der Waals surface area (Å²) in [5, 5.41) is 5.38. The topological polar surface area (TPSA) is 82.3 Å². The third-order valence-electron chi connectivity index (χ3n) is 5.14. The van der Waals surface area contributed by atoms with Gasteiger partial charge in [-0.2, -0.15) is 13.2 Å². The first-order valence-electron chi connectivity index (χ1n) is 9.10. The molecule has 1 saturated heterocycles. The van der Waals surface area contributed by atoms with Crippen molar-refractivity contribution in [2.75, 3.05) is 13.1 Å². The molecule has 2 amide bonds. The summed E-state index contributed by atoms with van der Waals surface area (Å²) in [7, 11) is 0. The molecule has 0 aromatic heterocycles. The Balaban J connectivity index is 1.41. The number of hydrogen-bond acceptors (Lipinski definition) is 4. The molecule has 1 saturated carbocycles. The molecule has 0 radical (unpaired) electrons. The lowest BCUT2D eigenvalue weighted by Gasteiger charge is -2.26. The van der Waals surface area contributed by atoms with E-state index in [0.717, 1.165) is 43.5 Å². The standard InChI is InChI=1S/C18H23F3N4O2/c19-18(20,21)12-7-5-11(6-8-12)16(26)22-9-10-23-17(27)15-13-3-1-2-4-14(13)24-25-15/h5-8,13-15,24-25H,1-4,9-10H2,(H,22,26)(H,23,27). The molecule has 2 fully saturated rings. The van der Waals surface area contributed by atoms with Gasteiger partial charge in [0.15, 0.2) is 0 Å². The number of alkyl halides is 3. The predicted molar refractivity (Wildman–Crippen MR) is 92.6 cm³/mol. The summed E-state index contributed by atoms with van der Waals surface area (Å²) in [4.78, 5) is 24.3. The van der Waals surface area contributed by atoms with E-state index in [1.165, 1.54) is 6.42 Å². The van der Waals surface area contributed by atoms with Crippen LogP contribution in [-0.4, -0.2) is 37.0 Å². The van der Waals surface area contributed by atoms with Gasteiger partial charge in [0.1, 0.15) is 6.04 Å². The summed E-state index contributed by atoms with van der Waals surface area (Å²) >= 11 is 0.